The third-order valence-electron chi connectivity index (χ3n) is 4.50. The zero-order chi connectivity index (χ0) is 14.4. The Labute approximate surface area is 121 Å². The molecular formula is C16H17N3O2. The maximum atomic E-state index is 12.2. The van der Waals surface area contributed by atoms with E-state index in [1.165, 1.54) is 4.52 Å². The first kappa shape index (κ1) is 12.6. The van der Waals surface area contributed by atoms with Crippen molar-refractivity contribution in [3.8, 4) is 0 Å². The number of para-hydroxylation sites is 1. The summed E-state index contributed by atoms with van der Waals surface area (Å²) < 4.78 is 1.37. The number of nitrogens with zero attached hydrogens (tertiary/aromatic N) is 2. The van der Waals surface area contributed by atoms with Gasteiger partial charge in [-0.15, -0.1) is 0 Å². The van der Waals surface area contributed by atoms with E-state index in [4.69, 9.17) is 0 Å². The zero-order valence-electron chi connectivity index (χ0n) is 11.7. The van der Waals surface area contributed by atoms with Crippen molar-refractivity contribution in [1.82, 2.24) is 14.6 Å². The summed E-state index contributed by atoms with van der Waals surface area (Å²) in [6.45, 7) is 0. The summed E-state index contributed by atoms with van der Waals surface area (Å²) in [7, 11) is 0. The lowest BCUT2D eigenvalue weighted by atomic mass is 9.82. The van der Waals surface area contributed by atoms with Gasteiger partial charge in [-0.2, -0.15) is 9.61 Å². The molecule has 1 aromatic carbocycles. The maximum absolute atomic E-state index is 12.2. The second-order valence-electron chi connectivity index (χ2n) is 5.89. The SMILES string of the molecule is O=c1[nH]c2ccccc2c2cc(C3(O)CCCCC3)nn12. The molecule has 0 bridgehead atoms. The van der Waals surface area contributed by atoms with Crippen LogP contribution >= 0.6 is 0 Å². The Morgan fingerprint density at radius 1 is 1.19 bits per heavy atom. The van der Waals surface area contributed by atoms with Crippen LogP contribution in [0.4, 0.5) is 0 Å². The van der Waals surface area contributed by atoms with Crippen molar-refractivity contribution in [3.05, 3.63) is 46.5 Å². The van der Waals surface area contributed by atoms with Crippen molar-refractivity contribution in [2.75, 3.05) is 0 Å². The van der Waals surface area contributed by atoms with Crippen LogP contribution in [0.5, 0.6) is 0 Å². The van der Waals surface area contributed by atoms with E-state index < -0.39 is 5.60 Å². The highest BCUT2D eigenvalue weighted by atomic mass is 16.3. The molecule has 0 saturated heterocycles. The minimum atomic E-state index is -0.891. The van der Waals surface area contributed by atoms with Crippen molar-refractivity contribution in [2.24, 2.45) is 0 Å². The topological polar surface area (TPSA) is 70.4 Å². The molecule has 2 heterocycles. The average molecular weight is 283 g/mol. The van der Waals surface area contributed by atoms with Crippen molar-refractivity contribution < 1.29 is 5.11 Å². The summed E-state index contributed by atoms with van der Waals surface area (Å²) in [5, 5.41) is 16.1. The number of aliphatic hydroxyl groups is 1. The molecule has 1 fully saturated rings. The predicted octanol–water partition coefficient (Wildman–Crippen LogP) is 2.33. The Bertz CT molecular complexity index is 872. The molecule has 108 valence electrons. The molecule has 3 aromatic rings. The number of hydrogen-bond acceptors (Lipinski definition) is 3. The minimum Gasteiger partial charge on any atom is -0.383 e. The van der Waals surface area contributed by atoms with Crippen molar-refractivity contribution >= 4 is 16.4 Å². The molecule has 0 atom stereocenters. The average Bonchev–Trinajstić information content (AvgIpc) is 2.95. The fourth-order valence-electron chi connectivity index (χ4n) is 3.33. The van der Waals surface area contributed by atoms with Gasteiger partial charge in [0.15, 0.2) is 0 Å². The van der Waals surface area contributed by atoms with Gasteiger partial charge in [-0.1, -0.05) is 37.5 Å². The van der Waals surface area contributed by atoms with Gasteiger partial charge in [-0.25, -0.2) is 4.79 Å². The van der Waals surface area contributed by atoms with E-state index in [-0.39, 0.29) is 5.69 Å². The third-order valence-corrected chi connectivity index (χ3v) is 4.50. The first-order chi connectivity index (χ1) is 10.2. The van der Waals surface area contributed by atoms with Crippen LogP contribution in [0, 0.1) is 0 Å². The molecule has 1 saturated carbocycles. The molecule has 0 aliphatic heterocycles. The Morgan fingerprint density at radius 3 is 2.76 bits per heavy atom. The lowest BCUT2D eigenvalue weighted by Gasteiger charge is -2.30. The number of nitrogens with one attached hydrogen (secondary N) is 1. The highest BCUT2D eigenvalue weighted by molar-refractivity contribution is 5.93. The largest absolute Gasteiger partial charge is 0.383 e. The van der Waals surface area contributed by atoms with E-state index >= 15 is 0 Å². The zero-order valence-corrected chi connectivity index (χ0v) is 11.7. The standard InChI is InChI=1S/C16H17N3O2/c20-15-17-12-7-3-2-6-11(12)13-10-14(18-19(13)15)16(21)8-4-1-5-9-16/h2-3,6-7,10,21H,1,4-5,8-9H2,(H,17,20). The summed E-state index contributed by atoms with van der Waals surface area (Å²) in [6, 6.07) is 9.52. The van der Waals surface area contributed by atoms with Crippen LogP contribution in [0.1, 0.15) is 37.8 Å². The van der Waals surface area contributed by atoms with E-state index in [1.807, 2.05) is 30.3 Å². The number of rotatable bonds is 1. The number of fused-ring (bicyclic) bond motifs is 3. The van der Waals surface area contributed by atoms with E-state index in [1.54, 1.807) is 0 Å². The third kappa shape index (κ3) is 1.88. The number of benzene rings is 1. The quantitative estimate of drug-likeness (QED) is 0.720. The van der Waals surface area contributed by atoms with Gasteiger partial charge in [0.2, 0.25) is 0 Å². The van der Waals surface area contributed by atoms with Crippen molar-refractivity contribution in [2.45, 2.75) is 37.7 Å². The summed E-state index contributed by atoms with van der Waals surface area (Å²) >= 11 is 0. The van der Waals surface area contributed by atoms with Crippen LogP contribution in [0.3, 0.4) is 0 Å². The Morgan fingerprint density at radius 2 is 1.95 bits per heavy atom. The monoisotopic (exact) mass is 283 g/mol. The second kappa shape index (κ2) is 4.43. The first-order valence-electron chi connectivity index (χ1n) is 7.41. The van der Waals surface area contributed by atoms with Crippen molar-refractivity contribution in [3.63, 3.8) is 0 Å². The van der Waals surface area contributed by atoms with Gasteiger partial charge in [-0.3, -0.25) is 0 Å². The van der Waals surface area contributed by atoms with Crippen LogP contribution < -0.4 is 5.69 Å². The Kier molecular flexibility index (Phi) is 2.65. The second-order valence-corrected chi connectivity index (χ2v) is 5.89. The van der Waals surface area contributed by atoms with Gasteiger partial charge < -0.3 is 10.1 Å². The molecule has 4 rings (SSSR count). The van der Waals surface area contributed by atoms with E-state index in [0.29, 0.717) is 18.5 Å². The van der Waals surface area contributed by atoms with E-state index in [2.05, 4.69) is 10.1 Å². The maximum Gasteiger partial charge on any atom is 0.347 e. The van der Waals surface area contributed by atoms with Gasteiger partial charge in [0.25, 0.3) is 0 Å². The summed E-state index contributed by atoms with van der Waals surface area (Å²) in [5.41, 5.74) is 0.997. The normalized spacial score (nSPS) is 18.3. The number of H-pyrrole nitrogens is 1. The molecule has 5 heteroatoms. The van der Waals surface area contributed by atoms with E-state index in [9.17, 15) is 9.90 Å². The minimum absolute atomic E-state index is 0.269. The molecule has 0 amide bonds. The highest BCUT2D eigenvalue weighted by Crippen LogP contribution is 2.36. The fourth-order valence-corrected chi connectivity index (χ4v) is 3.33. The van der Waals surface area contributed by atoms with Crippen LogP contribution in [0.25, 0.3) is 16.4 Å². The molecule has 21 heavy (non-hydrogen) atoms. The Hall–Kier alpha value is -2.14. The Balaban J connectivity index is 1.99. The van der Waals surface area contributed by atoms with Gasteiger partial charge >= 0.3 is 5.69 Å². The van der Waals surface area contributed by atoms with Gasteiger partial charge in [0, 0.05) is 5.39 Å². The number of hydrogen-bond donors (Lipinski definition) is 2. The number of aromatic amines is 1. The molecule has 0 radical (unpaired) electrons. The molecule has 5 nitrogen and oxygen atoms in total. The molecule has 0 spiro atoms. The molecule has 2 aromatic heterocycles. The fraction of sp³-hybridized carbons (Fsp3) is 0.375. The molecular weight excluding hydrogens is 266 g/mol. The summed E-state index contributed by atoms with van der Waals surface area (Å²) in [5.74, 6) is 0. The van der Waals surface area contributed by atoms with E-state index in [0.717, 1.165) is 35.7 Å². The van der Waals surface area contributed by atoms with Gasteiger partial charge in [0.1, 0.15) is 5.60 Å². The van der Waals surface area contributed by atoms with Crippen LogP contribution in [-0.4, -0.2) is 19.7 Å². The van der Waals surface area contributed by atoms with Crippen molar-refractivity contribution in [1.29, 1.82) is 0 Å². The van der Waals surface area contributed by atoms with Crippen LogP contribution in [0.15, 0.2) is 35.1 Å². The lowest BCUT2D eigenvalue weighted by molar-refractivity contribution is -0.00487. The van der Waals surface area contributed by atoms with Crippen LogP contribution in [0.2, 0.25) is 0 Å². The number of aromatic nitrogens is 3. The van der Waals surface area contributed by atoms with Gasteiger partial charge in [0.05, 0.1) is 16.7 Å². The highest BCUT2D eigenvalue weighted by Gasteiger charge is 2.34. The molecule has 0 unspecified atom stereocenters. The van der Waals surface area contributed by atoms with Crippen LogP contribution in [-0.2, 0) is 5.60 Å². The smallest absolute Gasteiger partial charge is 0.347 e. The van der Waals surface area contributed by atoms with Gasteiger partial charge in [-0.05, 0) is 25.0 Å². The predicted molar refractivity (Wildman–Crippen MR) is 80.3 cm³/mol. The first-order valence-corrected chi connectivity index (χ1v) is 7.41. The lowest BCUT2D eigenvalue weighted by Crippen LogP contribution is -2.29. The molecule has 1 aliphatic carbocycles. The summed E-state index contributed by atoms with van der Waals surface area (Å²) in [4.78, 5) is 15.0. The summed E-state index contributed by atoms with van der Waals surface area (Å²) in [6.07, 6.45) is 4.58. The molecule has 2 N–H and O–H groups in total. The molecule has 1 aliphatic rings.